The zero-order chi connectivity index (χ0) is 17.5. The number of rotatable bonds is 5. The molecule has 1 fully saturated rings. The molecule has 1 aromatic carbocycles. The number of halogens is 1. The Labute approximate surface area is 154 Å². The first-order valence-electron chi connectivity index (χ1n) is 8.76. The van der Waals surface area contributed by atoms with Crippen LogP contribution in [0.4, 0.5) is 5.69 Å². The van der Waals surface area contributed by atoms with Gasteiger partial charge in [0.15, 0.2) is 5.96 Å². The Hall–Kier alpha value is -2.21. The highest BCUT2D eigenvalue weighted by molar-refractivity contribution is 6.33. The maximum absolute atomic E-state index is 6.32. The first-order chi connectivity index (χ1) is 12.3. The number of guanidine groups is 1. The van der Waals surface area contributed by atoms with E-state index in [9.17, 15) is 0 Å². The van der Waals surface area contributed by atoms with Crippen molar-refractivity contribution < 1.29 is 0 Å². The van der Waals surface area contributed by atoms with E-state index in [0.717, 1.165) is 62.5 Å². The van der Waals surface area contributed by atoms with Crippen LogP contribution in [0.15, 0.2) is 48.0 Å². The number of para-hydroxylation sites is 1. The molecule has 3 rings (SSSR count). The molecule has 1 aliphatic rings. The fourth-order valence-corrected chi connectivity index (χ4v) is 3.24. The summed E-state index contributed by atoms with van der Waals surface area (Å²) >= 11 is 6.32. The summed E-state index contributed by atoms with van der Waals surface area (Å²) in [5.41, 5.74) is 1.12. The van der Waals surface area contributed by atoms with Crippen LogP contribution in [0.1, 0.15) is 6.92 Å². The molecule has 1 aliphatic heterocycles. The molecule has 0 unspecified atom stereocenters. The van der Waals surface area contributed by atoms with Crippen molar-refractivity contribution >= 4 is 23.2 Å². The Morgan fingerprint density at radius 1 is 1.24 bits per heavy atom. The van der Waals surface area contributed by atoms with E-state index in [-0.39, 0.29) is 0 Å². The number of aromatic nitrogens is 2. The molecule has 1 N–H and O–H groups in total. The van der Waals surface area contributed by atoms with Crippen molar-refractivity contribution in [3.05, 3.63) is 48.0 Å². The van der Waals surface area contributed by atoms with Crippen molar-refractivity contribution in [3.63, 3.8) is 0 Å². The third kappa shape index (κ3) is 4.66. The number of aliphatic imine (C=N–C) groups is 1. The lowest BCUT2D eigenvalue weighted by Crippen LogP contribution is -2.52. The lowest BCUT2D eigenvalue weighted by atomic mass is 10.2. The van der Waals surface area contributed by atoms with Gasteiger partial charge in [0.05, 0.1) is 23.6 Å². The Morgan fingerprint density at radius 3 is 2.72 bits per heavy atom. The van der Waals surface area contributed by atoms with Gasteiger partial charge in [-0.25, -0.2) is 4.98 Å². The molecule has 0 spiro atoms. The van der Waals surface area contributed by atoms with Crippen LogP contribution in [0.3, 0.4) is 0 Å². The highest BCUT2D eigenvalue weighted by Gasteiger charge is 2.20. The van der Waals surface area contributed by atoms with Gasteiger partial charge in [-0.2, -0.15) is 0 Å². The van der Waals surface area contributed by atoms with Crippen LogP contribution in [0.5, 0.6) is 0 Å². The summed E-state index contributed by atoms with van der Waals surface area (Å²) in [6.45, 7) is 8.30. The second-order valence-corrected chi connectivity index (χ2v) is 6.37. The van der Waals surface area contributed by atoms with E-state index in [1.165, 1.54) is 0 Å². The predicted molar refractivity (Wildman–Crippen MR) is 103 cm³/mol. The summed E-state index contributed by atoms with van der Waals surface area (Å²) in [6, 6.07) is 8.04. The summed E-state index contributed by atoms with van der Waals surface area (Å²) in [5.74, 6) is 0.987. The molecular formula is C18H25ClN6. The summed E-state index contributed by atoms with van der Waals surface area (Å²) in [4.78, 5) is 13.5. The number of benzene rings is 1. The second kappa shape index (κ2) is 8.76. The fraction of sp³-hybridized carbons (Fsp3) is 0.444. The topological polar surface area (TPSA) is 48.7 Å². The Morgan fingerprint density at radius 2 is 2.04 bits per heavy atom. The van der Waals surface area contributed by atoms with Gasteiger partial charge in [0.25, 0.3) is 0 Å². The lowest BCUT2D eigenvalue weighted by molar-refractivity contribution is 0.372. The minimum Gasteiger partial charge on any atom is -0.367 e. The fourth-order valence-electron chi connectivity index (χ4n) is 2.98. The summed E-state index contributed by atoms with van der Waals surface area (Å²) in [6.07, 6.45) is 5.58. The van der Waals surface area contributed by atoms with Crippen LogP contribution in [-0.4, -0.2) is 59.7 Å². The number of anilines is 1. The minimum absolute atomic E-state index is 0.740. The Kier molecular flexibility index (Phi) is 6.17. The van der Waals surface area contributed by atoms with Gasteiger partial charge < -0.3 is 19.7 Å². The van der Waals surface area contributed by atoms with Gasteiger partial charge in [0.2, 0.25) is 0 Å². The van der Waals surface area contributed by atoms with Crippen molar-refractivity contribution in [1.82, 2.24) is 19.8 Å². The molecule has 0 atom stereocenters. The van der Waals surface area contributed by atoms with Gasteiger partial charge in [-0.05, 0) is 19.1 Å². The molecule has 1 aromatic heterocycles. The smallest absolute Gasteiger partial charge is 0.194 e. The maximum atomic E-state index is 6.32. The molecule has 1 saturated heterocycles. The number of nitrogens with zero attached hydrogens (tertiary/aromatic N) is 5. The van der Waals surface area contributed by atoms with E-state index >= 15 is 0 Å². The van der Waals surface area contributed by atoms with Gasteiger partial charge in [-0.15, -0.1) is 0 Å². The summed E-state index contributed by atoms with van der Waals surface area (Å²) < 4.78 is 2.04. The van der Waals surface area contributed by atoms with E-state index in [1.54, 1.807) is 6.20 Å². The quantitative estimate of drug-likeness (QED) is 0.656. The molecule has 0 radical (unpaired) electrons. The molecule has 0 aliphatic carbocycles. The first-order valence-corrected chi connectivity index (χ1v) is 9.14. The van der Waals surface area contributed by atoms with Crippen LogP contribution in [0, 0.1) is 0 Å². The number of nitrogens with one attached hydrogen (secondary N) is 1. The van der Waals surface area contributed by atoms with Gasteiger partial charge in [0, 0.05) is 51.7 Å². The highest BCUT2D eigenvalue weighted by atomic mass is 35.5. The first kappa shape index (κ1) is 17.6. The third-order valence-corrected chi connectivity index (χ3v) is 4.61. The monoisotopic (exact) mass is 360 g/mol. The van der Waals surface area contributed by atoms with Gasteiger partial charge in [-0.1, -0.05) is 23.7 Å². The van der Waals surface area contributed by atoms with Gasteiger partial charge in [-0.3, -0.25) is 4.99 Å². The second-order valence-electron chi connectivity index (χ2n) is 5.96. The zero-order valence-corrected chi connectivity index (χ0v) is 15.4. The zero-order valence-electron chi connectivity index (χ0n) is 14.6. The standard InChI is InChI=1S/C18H25ClN6/c1-2-21-18(22-8-10-23-9-7-20-15-23)25-13-11-24(12-14-25)17-6-4-3-5-16(17)19/h3-7,9,15H,2,8,10-14H2,1H3,(H,21,22). The van der Waals surface area contributed by atoms with Crippen molar-refractivity contribution in [1.29, 1.82) is 0 Å². The number of hydrogen-bond acceptors (Lipinski definition) is 3. The van der Waals surface area contributed by atoms with Gasteiger partial charge >= 0.3 is 0 Å². The average molecular weight is 361 g/mol. The van der Waals surface area contributed by atoms with Crippen LogP contribution < -0.4 is 10.2 Å². The van der Waals surface area contributed by atoms with Crippen molar-refractivity contribution in [2.75, 3.05) is 44.2 Å². The molecule has 2 aromatic rings. The third-order valence-electron chi connectivity index (χ3n) is 4.29. The van der Waals surface area contributed by atoms with Crippen molar-refractivity contribution in [2.24, 2.45) is 4.99 Å². The van der Waals surface area contributed by atoms with E-state index in [4.69, 9.17) is 16.6 Å². The van der Waals surface area contributed by atoms with E-state index < -0.39 is 0 Å². The molecule has 0 saturated carbocycles. The lowest BCUT2D eigenvalue weighted by Gasteiger charge is -2.38. The minimum atomic E-state index is 0.740. The van der Waals surface area contributed by atoms with Crippen LogP contribution >= 0.6 is 11.6 Å². The van der Waals surface area contributed by atoms with E-state index in [2.05, 4.69) is 33.1 Å². The van der Waals surface area contributed by atoms with Crippen LogP contribution in [0.25, 0.3) is 0 Å². The van der Waals surface area contributed by atoms with E-state index in [0.29, 0.717) is 0 Å². The summed E-state index contributed by atoms with van der Waals surface area (Å²) in [7, 11) is 0. The maximum Gasteiger partial charge on any atom is 0.194 e. The predicted octanol–water partition coefficient (Wildman–Crippen LogP) is 2.32. The van der Waals surface area contributed by atoms with Crippen molar-refractivity contribution in [2.45, 2.75) is 13.5 Å². The molecular weight excluding hydrogens is 336 g/mol. The molecule has 25 heavy (non-hydrogen) atoms. The number of piperazine rings is 1. The van der Waals surface area contributed by atoms with E-state index in [1.807, 2.05) is 35.3 Å². The van der Waals surface area contributed by atoms with Crippen LogP contribution in [0.2, 0.25) is 5.02 Å². The SMILES string of the molecule is CCNC(=NCCn1ccnc1)N1CCN(c2ccccc2Cl)CC1. The summed E-state index contributed by atoms with van der Waals surface area (Å²) in [5, 5.41) is 4.22. The molecule has 2 heterocycles. The number of hydrogen-bond donors (Lipinski definition) is 1. The Bertz CT molecular complexity index is 677. The van der Waals surface area contributed by atoms with Crippen LogP contribution in [-0.2, 0) is 6.54 Å². The Balaban J connectivity index is 1.57. The largest absolute Gasteiger partial charge is 0.367 e. The molecule has 0 amide bonds. The molecule has 6 nitrogen and oxygen atoms in total. The average Bonchev–Trinajstić information content (AvgIpc) is 3.15. The van der Waals surface area contributed by atoms with Gasteiger partial charge in [0.1, 0.15) is 0 Å². The molecule has 0 bridgehead atoms. The highest BCUT2D eigenvalue weighted by Crippen LogP contribution is 2.25. The molecule has 7 heteroatoms. The normalized spacial score (nSPS) is 15.5. The molecule has 134 valence electrons. The number of imidazole rings is 1. The van der Waals surface area contributed by atoms with Crippen molar-refractivity contribution in [3.8, 4) is 0 Å².